The maximum Gasteiger partial charge on any atom is 0.246 e. The summed E-state index contributed by atoms with van der Waals surface area (Å²) in [6, 6.07) is 0. The third-order valence-corrected chi connectivity index (χ3v) is 2.88. The summed E-state index contributed by atoms with van der Waals surface area (Å²) in [4.78, 5) is 15.6. The van der Waals surface area contributed by atoms with Crippen LogP contribution >= 0.6 is 0 Å². The van der Waals surface area contributed by atoms with E-state index in [0.717, 1.165) is 0 Å². The second-order valence-electron chi connectivity index (χ2n) is 4.89. The third-order valence-electron chi connectivity index (χ3n) is 2.88. The van der Waals surface area contributed by atoms with Crippen molar-refractivity contribution in [2.45, 2.75) is 27.7 Å². The number of amides is 1. The molecule has 0 bridgehead atoms. The molecule has 1 aliphatic rings. The van der Waals surface area contributed by atoms with E-state index in [1.165, 1.54) is 11.4 Å². The molecular weight excluding hydrogens is 188 g/mol. The topological polar surface area (TPSA) is 23.6 Å². The first-order chi connectivity index (χ1) is 6.86. The van der Waals surface area contributed by atoms with Crippen molar-refractivity contribution in [1.29, 1.82) is 0 Å². The molecule has 0 aromatic carbocycles. The van der Waals surface area contributed by atoms with Gasteiger partial charge in [-0.05, 0) is 11.8 Å². The van der Waals surface area contributed by atoms with E-state index in [9.17, 15) is 4.79 Å². The van der Waals surface area contributed by atoms with E-state index >= 15 is 0 Å². The van der Waals surface area contributed by atoms with E-state index in [0.29, 0.717) is 18.4 Å². The van der Waals surface area contributed by atoms with Crippen LogP contribution in [-0.4, -0.2) is 36.3 Å². The molecule has 3 heteroatoms. The van der Waals surface area contributed by atoms with Gasteiger partial charge in [-0.1, -0.05) is 27.7 Å². The highest BCUT2D eigenvalue weighted by atomic mass is 16.2. The standard InChI is InChI=1S/C12H22N2O/c1-8(2)11-12(9(3)4)14(6)10(15)7-13(11)5/h8-9H,7H2,1-6H3. The summed E-state index contributed by atoms with van der Waals surface area (Å²) in [6.07, 6.45) is 0. The van der Waals surface area contributed by atoms with Gasteiger partial charge in [0.2, 0.25) is 5.91 Å². The molecule has 3 nitrogen and oxygen atoms in total. The smallest absolute Gasteiger partial charge is 0.246 e. The second-order valence-corrected chi connectivity index (χ2v) is 4.89. The average Bonchev–Trinajstić information content (AvgIpc) is 2.09. The Kier molecular flexibility index (Phi) is 3.42. The molecule has 0 spiro atoms. The highest BCUT2D eigenvalue weighted by molar-refractivity contribution is 5.81. The molecule has 0 N–H and O–H groups in total. The number of hydrogen-bond acceptors (Lipinski definition) is 2. The minimum Gasteiger partial charge on any atom is -0.367 e. The second kappa shape index (κ2) is 4.25. The molecule has 0 aromatic rings. The Balaban J connectivity index is 3.23. The molecule has 0 radical (unpaired) electrons. The number of nitrogens with zero attached hydrogens (tertiary/aromatic N) is 2. The van der Waals surface area contributed by atoms with Crippen LogP contribution in [0.4, 0.5) is 0 Å². The van der Waals surface area contributed by atoms with Crippen molar-refractivity contribution in [2.24, 2.45) is 11.8 Å². The molecule has 1 aliphatic heterocycles. The van der Waals surface area contributed by atoms with Crippen molar-refractivity contribution >= 4 is 5.91 Å². The molecule has 0 saturated heterocycles. The molecule has 0 fully saturated rings. The predicted octanol–water partition coefficient (Wildman–Crippen LogP) is 1.91. The first-order valence-electron chi connectivity index (χ1n) is 5.58. The maximum atomic E-state index is 11.7. The van der Waals surface area contributed by atoms with Crippen LogP contribution in [0.5, 0.6) is 0 Å². The highest BCUT2D eigenvalue weighted by Crippen LogP contribution is 2.29. The van der Waals surface area contributed by atoms with Crippen LogP contribution in [0.1, 0.15) is 27.7 Å². The largest absolute Gasteiger partial charge is 0.367 e. The van der Waals surface area contributed by atoms with Crippen molar-refractivity contribution in [3.05, 3.63) is 11.4 Å². The summed E-state index contributed by atoms with van der Waals surface area (Å²) >= 11 is 0. The van der Waals surface area contributed by atoms with Crippen molar-refractivity contribution in [1.82, 2.24) is 9.80 Å². The van der Waals surface area contributed by atoms with Crippen LogP contribution in [0.2, 0.25) is 0 Å². The Bertz CT molecular complexity index is 292. The molecule has 0 aliphatic carbocycles. The van der Waals surface area contributed by atoms with E-state index in [1.807, 2.05) is 19.0 Å². The van der Waals surface area contributed by atoms with E-state index in [-0.39, 0.29) is 5.91 Å². The number of carbonyl (C=O) groups excluding carboxylic acids is 1. The molecule has 86 valence electrons. The van der Waals surface area contributed by atoms with Gasteiger partial charge < -0.3 is 9.80 Å². The number of rotatable bonds is 2. The van der Waals surface area contributed by atoms with Gasteiger partial charge in [0, 0.05) is 25.5 Å². The van der Waals surface area contributed by atoms with Gasteiger partial charge in [0.05, 0.1) is 6.54 Å². The van der Waals surface area contributed by atoms with Crippen molar-refractivity contribution in [3.63, 3.8) is 0 Å². The fraction of sp³-hybridized carbons (Fsp3) is 0.750. The molecule has 15 heavy (non-hydrogen) atoms. The Hall–Kier alpha value is -0.990. The minimum absolute atomic E-state index is 0.186. The molecule has 0 saturated carbocycles. The van der Waals surface area contributed by atoms with Gasteiger partial charge in [-0.15, -0.1) is 0 Å². The van der Waals surface area contributed by atoms with Crippen molar-refractivity contribution < 1.29 is 4.79 Å². The lowest BCUT2D eigenvalue weighted by molar-refractivity contribution is -0.130. The summed E-state index contributed by atoms with van der Waals surface area (Å²) in [7, 11) is 3.88. The van der Waals surface area contributed by atoms with Gasteiger partial charge in [-0.25, -0.2) is 0 Å². The Labute approximate surface area is 92.7 Å². The Morgan fingerprint density at radius 2 is 1.47 bits per heavy atom. The van der Waals surface area contributed by atoms with Crippen molar-refractivity contribution in [3.8, 4) is 0 Å². The minimum atomic E-state index is 0.186. The lowest BCUT2D eigenvalue weighted by Crippen LogP contribution is -2.45. The van der Waals surface area contributed by atoms with Crippen LogP contribution < -0.4 is 0 Å². The summed E-state index contributed by atoms with van der Waals surface area (Å²) in [6.45, 7) is 9.14. The number of hydrogen-bond donors (Lipinski definition) is 0. The van der Waals surface area contributed by atoms with Gasteiger partial charge in [-0.2, -0.15) is 0 Å². The van der Waals surface area contributed by atoms with Gasteiger partial charge in [-0.3, -0.25) is 4.79 Å². The molecule has 1 heterocycles. The van der Waals surface area contributed by atoms with E-state index in [1.54, 1.807) is 0 Å². The van der Waals surface area contributed by atoms with E-state index in [4.69, 9.17) is 0 Å². The normalized spacial score (nSPS) is 18.5. The fourth-order valence-electron chi connectivity index (χ4n) is 2.32. The molecule has 0 atom stereocenters. The lowest BCUT2D eigenvalue weighted by Gasteiger charge is -2.39. The zero-order valence-corrected chi connectivity index (χ0v) is 10.7. The summed E-state index contributed by atoms with van der Waals surface area (Å²) in [5.74, 6) is 1.03. The average molecular weight is 210 g/mol. The Morgan fingerprint density at radius 3 is 1.87 bits per heavy atom. The molecule has 0 aromatic heterocycles. The quantitative estimate of drug-likeness (QED) is 0.695. The lowest BCUT2D eigenvalue weighted by atomic mass is 9.97. The van der Waals surface area contributed by atoms with Crippen molar-refractivity contribution in [2.75, 3.05) is 20.6 Å². The SMILES string of the molecule is CC(C)C1=C(C(C)C)N(C)C(=O)CN1C. The molecule has 1 rings (SSSR count). The fourth-order valence-corrected chi connectivity index (χ4v) is 2.32. The van der Waals surface area contributed by atoms with Crippen LogP contribution in [0.25, 0.3) is 0 Å². The maximum absolute atomic E-state index is 11.7. The zero-order chi connectivity index (χ0) is 11.7. The van der Waals surface area contributed by atoms with Gasteiger partial charge >= 0.3 is 0 Å². The monoisotopic (exact) mass is 210 g/mol. The van der Waals surface area contributed by atoms with Crippen LogP contribution in [0.15, 0.2) is 11.4 Å². The van der Waals surface area contributed by atoms with E-state index < -0.39 is 0 Å². The van der Waals surface area contributed by atoms with Crippen LogP contribution in [0, 0.1) is 11.8 Å². The Morgan fingerprint density at radius 1 is 1.00 bits per heavy atom. The first kappa shape index (κ1) is 12.1. The summed E-state index contributed by atoms with van der Waals surface area (Å²) in [5, 5.41) is 0. The summed E-state index contributed by atoms with van der Waals surface area (Å²) in [5.41, 5.74) is 2.47. The van der Waals surface area contributed by atoms with Crippen LogP contribution in [-0.2, 0) is 4.79 Å². The van der Waals surface area contributed by atoms with Crippen LogP contribution in [0.3, 0.4) is 0 Å². The van der Waals surface area contributed by atoms with Gasteiger partial charge in [0.1, 0.15) is 0 Å². The molecule has 1 amide bonds. The van der Waals surface area contributed by atoms with E-state index in [2.05, 4.69) is 32.6 Å². The molecular formula is C12H22N2O. The van der Waals surface area contributed by atoms with Gasteiger partial charge in [0.25, 0.3) is 0 Å². The third kappa shape index (κ3) is 2.16. The number of likely N-dealkylation sites (N-methyl/N-ethyl adjacent to an activating group) is 2. The van der Waals surface area contributed by atoms with Gasteiger partial charge in [0.15, 0.2) is 0 Å². The number of carbonyl (C=O) groups is 1. The number of allylic oxidation sites excluding steroid dienone is 2. The first-order valence-corrected chi connectivity index (χ1v) is 5.58. The predicted molar refractivity (Wildman–Crippen MR) is 62.1 cm³/mol. The highest BCUT2D eigenvalue weighted by Gasteiger charge is 2.29. The molecule has 0 unspecified atom stereocenters. The summed E-state index contributed by atoms with van der Waals surface area (Å²) < 4.78 is 0. The zero-order valence-electron chi connectivity index (χ0n) is 10.7.